The number of amides is 2. The first kappa shape index (κ1) is 15.5. The van der Waals surface area contributed by atoms with Crippen molar-refractivity contribution in [2.45, 2.75) is 6.92 Å². The molecule has 0 atom stereocenters. The van der Waals surface area contributed by atoms with E-state index in [1.165, 1.54) is 6.92 Å². The average Bonchev–Trinajstić information content (AvgIpc) is 2.60. The van der Waals surface area contributed by atoms with Gasteiger partial charge < -0.3 is 9.73 Å². The monoisotopic (exact) mass is 321 g/mol. The van der Waals surface area contributed by atoms with E-state index in [0.717, 1.165) is 5.39 Å². The molecule has 1 aromatic heterocycles. The number of nitrogens with zero attached hydrogens (tertiary/aromatic N) is 1. The van der Waals surface area contributed by atoms with Gasteiger partial charge in [0.15, 0.2) is 0 Å². The highest BCUT2D eigenvalue weighted by Gasteiger charge is 2.13. The van der Waals surface area contributed by atoms with Crippen LogP contribution < -0.4 is 16.3 Å². The van der Waals surface area contributed by atoms with E-state index in [1.807, 2.05) is 36.4 Å². The van der Waals surface area contributed by atoms with Crippen molar-refractivity contribution in [3.8, 4) is 0 Å². The quantitative estimate of drug-likeness (QED) is 0.727. The van der Waals surface area contributed by atoms with Crippen LogP contribution in [-0.2, 0) is 4.79 Å². The minimum atomic E-state index is -0.375. The van der Waals surface area contributed by atoms with E-state index >= 15 is 0 Å². The molecular formula is C18H15N3O3. The van der Waals surface area contributed by atoms with E-state index in [4.69, 9.17) is 4.42 Å². The van der Waals surface area contributed by atoms with Gasteiger partial charge in [-0.15, -0.1) is 5.10 Å². The van der Waals surface area contributed by atoms with Gasteiger partial charge in [0.25, 0.3) is 5.91 Å². The minimum absolute atomic E-state index is 0.0392. The zero-order chi connectivity index (χ0) is 16.9. The van der Waals surface area contributed by atoms with Gasteiger partial charge in [-0.1, -0.05) is 36.4 Å². The molecule has 3 aromatic rings. The number of para-hydroxylation sites is 2. The van der Waals surface area contributed by atoms with Crippen molar-refractivity contribution in [1.82, 2.24) is 5.43 Å². The molecule has 0 bridgehead atoms. The lowest BCUT2D eigenvalue weighted by molar-refractivity contribution is -0.119. The molecule has 0 unspecified atom stereocenters. The number of carbonyl (C=O) groups is 2. The SMILES string of the molecule is CC(=O)N/N=c1\oc2ccccc2cc1C(=O)Nc1ccccc1. The Morgan fingerprint density at radius 3 is 2.46 bits per heavy atom. The lowest BCUT2D eigenvalue weighted by atomic mass is 10.1. The van der Waals surface area contributed by atoms with Crippen LogP contribution in [0.1, 0.15) is 17.3 Å². The van der Waals surface area contributed by atoms with Crippen LogP contribution in [0.2, 0.25) is 0 Å². The highest BCUT2D eigenvalue weighted by molar-refractivity contribution is 6.05. The Morgan fingerprint density at radius 1 is 1.00 bits per heavy atom. The van der Waals surface area contributed by atoms with Crippen LogP contribution in [0.25, 0.3) is 11.0 Å². The van der Waals surface area contributed by atoms with Crippen molar-refractivity contribution in [2.75, 3.05) is 5.32 Å². The number of benzene rings is 2. The van der Waals surface area contributed by atoms with E-state index in [9.17, 15) is 9.59 Å². The minimum Gasteiger partial charge on any atom is -0.436 e. The van der Waals surface area contributed by atoms with Gasteiger partial charge in [0.1, 0.15) is 11.1 Å². The number of nitrogens with one attached hydrogen (secondary N) is 2. The summed E-state index contributed by atoms with van der Waals surface area (Å²) in [6, 6.07) is 18.0. The van der Waals surface area contributed by atoms with Gasteiger partial charge in [-0.25, -0.2) is 5.43 Å². The summed E-state index contributed by atoms with van der Waals surface area (Å²) in [4.78, 5) is 23.7. The molecule has 0 fully saturated rings. The summed E-state index contributed by atoms with van der Waals surface area (Å²) >= 11 is 0. The Labute approximate surface area is 137 Å². The zero-order valence-electron chi connectivity index (χ0n) is 12.9. The molecule has 6 nitrogen and oxygen atoms in total. The second-order valence-electron chi connectivity index (χ2n) is 5.10. The van der Waals surface area contributed by atoms with Gasteiger partial charge in [0, 0.05) is 18.0 Å². The fraction of sp³-hybridized carbons (Fsp3) is 0.0556. The molecule has 1 heterocycles. The summed E-state index contributed by atoms with van der Waals surface area (Å²) in [5, 5.41) is 7.43. The molecule has 120 valence electrons. The van der Waals surface area contributed by atoms with E-state index in [2.05, 4.69) is 15.8 Å². The third-order valence-electron chi connectivity index (χ3n) is 3.25. The van der Waals surface area contributed by atoms with Crippen molar-refractivity contribution >= 4 is 28.5 Å². The molecule has 0 radical (unpaired) electrons. The van der Waals surface area contributed by atoms with Gasteiger partial charge in [-0.05, 0) is 24.3 Å². The lowest BCUT2D eigenvalue weighted by Gasteiger charge is -2.06. The molecule has 0 aliphatic heterocycles. The summed E-state index contributed by atoms with van der Waals surface area (Å²) in [6.45, 7) is 1.33. The third-order valence-corrected chi connectivity index (χ3v) is 3.25. The van der Waals surface area contributed by atoms with Gasteiger partial charge >= 0.3 is 0 Å². The van der Waals surface area contributed by atoms with Crippen molar-refractivity contribution < 1.29 is 14.0 Å². The van der Waals surface area contributed by atoms with Crippen LogP contribution in [0.15, 0.2) is 70.2 Å². The van der Waals surface area contributed by atoms with Gasteiger partial charge in [-0.3, -0.25) is 9.59 Å². The Balaban J connectivity index is 2.06. The fourth-order valence-electron chi connectivity index (χ4n) is 2.16. The highest BCUT2D eigenvalue weighted by atomic mass is 16.3. The first-order chi connectivity index (χ1) is 11.6. The molecule has 2 aromatic carbocycles. The second-order valence-corrected chi connectivity index (χ2v) is 5.10. The van der Waals surface area contributed by atoms with Crippen LogP contribution in [0.5, 0.6) is 0 Å². The van der Waals surface area contributed by atoms with Crippen molar-refractivity contribution in [2.24, 2.45) is 5.10 Å². The lowest BCUT2D eigenvalue weighted by Crippen LogP contribution is -2.25. The third kappa shape index (κ3) is 3.49. The maximum atomic E-state index is 12.6. The van der Waals surface area contributed by atoms with Crippen LogP contribution in [0.4, 0.5) is 5.69 Å². The Morgan fingerprint density at radius 2 is 1.71 bits per heavy atom. The van der Waals surface area contributed by atoms with E-state index in [0.29, 0.717) is 11.3 Å². The number of hydrogen-bond acceptors (Lipinski definition) is 4. The van der Waals surface area contributed by atoms with Crippen LogP contribution >= 0.6 is 0 Å². The predicted molar refractivity (Wildman–Crippen MR) is 90.0 cm³/mol. The summed E-state index contributed by atoms with van der Waals surface area (Å²) in [7, 11) is 0. The molecule has 2 amide bonds. The number of anilines is 1. The molecule has 6 heteroatoms. The van der Waals surface area contributed by atoms with E-state index in [1.54, 1.807) is 24.3 Å². The fourth-order valence-corrected chi connectivity index (χ4v) is 2.16. The number of hydrogen-bond donors (Lipinski definition) is 2. The molecule has 24 heavy (non-hydrogen) atoms. The molecule has 2 N–H and O–H groups in total. The summed E-state index contributed by atoms with van der Waals surface area (Å²) in [6.07, 6.45) is 0. The maximum absolute atomic E-state index is 12.6. The summed E-state index contributed by atoms with van der Waals surface area (Å²) < 4.78 is 5.66. The molecular weight excluding hydrogens is 306 g/mol. The van der Waals surface area contributed by atoms with Crippen molar-refractivity contribution in [1.29, 1.82) is 0 Å². The molecule has 0 saturated carbocycles. The van der Waals surface area contributed by atoms with E-state index < -0.39 is 0 Å². The van der Waals surface area contributed by atoms with Crippen LogP contribution in [0.3, 0.4) is 0 Å². The molecule has 0 aliphatic carbocycles. The number of carbonyl (C=O) groups excluding carboxylic acids is 2. The van der Waals surface area contributed by atoms with Crippen molar-refractivity contribution in [3.05, 3.63) is 71.8 Å². The second kappa shape index (κ2) is 6.78. The highest BCUT2D eigenvalue weighted by Crippen LogP contribution is 2.14. The molecule has 0 saturated heterocycles. The largest absolute Gasteiger partial charge is 0.436 e. The smallest absolute Gasteiger partial charge is 0.261 e. The molecule has 0 aliphatic rings. The van der Waals surface area contributed by atoms with Crippen LogP contribution in [0, 0.1) is 0 Å². The summed E-state index contributed by atoms with van der Waals surface area (Å²) in [5.41, 5.74) is 3.79. The van der Waals surface area contributed by atoms with Crippen LogP contribution in [-0.4, -0.2) is 11.8 Å². The first-order valence-corrected chi connectivity index (χ1v) is 7.33. The Bertz CT molecular complexity index is 962. The van der Waals surface area contributed by atoms with Gasteiger partial charge in [0.2, 0.25) is 11.5 Å². The Hall–Kier alpha value is -3.41. The maximum Gasteiger partial charge on any atom is 0.261 e. The summed E-state index contributed by atoms with van der Waals surface area (Å²) in [5.74, 6) is -0.729. The molecule has 3 rings (SSSR count). The average molecular weight is 321 g/mol. The normalized spacial score (nSPS) is 11.3. The number of fused-ring (bicyclic) bond motifs is 1. The first-order valence-electron chi connectivity index (χ1n) is 7.33. The van der Waals surface area contributed by atoms with Gasteiger partial charge in [-0.2, -0.15) is 0 Å². The van der Waals surface area contributed by atoms with Gasteiger partial charge in [0.05, 0.1) is 0 Å². The zero-order valence-corrected chi connectivity index (χ0v) is 12.9. The molecule has 0 spiro atoms. The van der Waals surface area contributed by atoms with E-state index in [-0.39, 0.29) is 22.9 Å². The van der Waals surface area contributed by atoms with Crippen molar-refractivity contribution in [3.63, 3.8) is 0 Å². The Kier molecular flexibility index (Phi) is 4.38. The topological polar surface area (TPSA) is 83.7 Å². The predicted octanol–water partition coefficient (Wildman–Crippen LogP) is 2.64. The number of rotatable bonds is 3. The standard InChI is InChI=1S/C18H15N3O3/c1-12(22)20-21-18-15(11-13-7-5-6-10-16(13)24-18)17(23)19-14-8-3-2-4-9-14/h2-11H,1H3,(H,19,23)(H,20,22)/b21-18-.